The van der Waals surface area contributed by atoms with Gasteiger partial charge in [-0.15, -0.1) is 0 Å². The second-order valence-electron chi connectivity index (χ2n) is 6.11. The SMILES string of the molecule is COc1ccc(C2C=C(c3ccc(Cl)cc3)Nc3ncnn32)c(OC)c1OC. The zero-order chi connectivity index (χ0) is 19.7. The summed E-state index contributed by atoms with van der Waals surface area (Å²) in [6, 6.07) is 11.2. The van der Waals surface area contributed by atoms with Crippen LogP contribution in [0, 0.1) is 0 Å². The first-order valence-corrected chi connectivity index (χ1v) is 8.97. The van der Waals surface area contributed by atoms with Gasteiger partial charge in [0, 0.05) is 16.3 Å². The number of nitrogens with one attached hydrogen (secondary N) is 1. The molecule has 1 N–H and O–H groups in total. The summed E-state index contributed by atoms with van der Waals surface area (Å²) in [5.74, 6) is 2.35. The minimum absolute atomic E-state index is 0.251. The van der Waals surface area contributed by atoms with Gasteiger partial charge in [0.2, 0.25) is 11.7 Å². The molecular weight excluding hydrogens is 380 g/mol. The van der Waals surface area contributed by atoms with E-state index in [9.17, 15) is 0 Å². The Bertz CT molecular complexity index is 1030. The fourth-order valence-corrected chi connectivity index (χ4v) is 3.44. The van der Waals surface area contributed by atoms with Gasteiger partial charge in [-0.3, -0.25) is 0 Å². The Hall–Kier alpha value is -3.19. The maximum Gasteiger partial charge on any atom is 0.226 e. The third kappa shape index (κ3) is 3.03. The molecule has 1 aliphatic rings. The molecule has 0 aliphatic carbocycles. The highest BCUT2D eigenvalue weighted by molar-refractivity contribution is 6.30. The summed E-state index contributed by atoms with van der Waals surface area (Å²) in [5, 5.41) is 8.37. The maximum atomic E-state index is 6.03. The third-order valence-electron chi connectivity index (χ3n) is 4.62. The Morgan fingerprint density at radius 1 is 0.964 bits per heavy atom. The zero-order valence-corrected chi connectivity index (χ0v) is 16.4. The normalized spacial score (nSPS) is 15.3. The molecule has 1 unspecified atom stereocenters. The Kier molecular flexibility index (Phi) is 4.83. The molecule has 144 valence electrons. The summed E-state index contributed by atoms with van der Waals surface area (Å²) in [6.07, 6.45) is 3.58. The van der Waals surface area contributed by atoms with Crippen LogP contribution in [0.15, 0.2) is 48.8 Å². The van der Waals surface area contributed by atoms with Crippen molar-refractivity contribution < 1.29 is 14.2 Å². The van der Waals surface area contributed by atoms with Crippen molar-refractivity contribution in [1.29, 1.82) is 0 Å². The molecule has 0 radical (unpaired) electrons. The molecule has 1 atom stereocenters. The van der Waals surface area contributed by atoms with Crippen LogP contribution in [0.5, 0.6) is 17.2 Å². The molecule has 1 aliphatic heterocycles. The first-order chi connectivity index (χ1) is 13.7. The summed E-state index contributed by atoms with van der Waals surface area (Å²) in [7, 11) is 4.78. The predicted molar refractivity (Wildman–Crippen MR) is 107 cm³/mol. The van der Waals surface area contributed by atoms with Crippen LogP contribution < -0.4 is 19.5 Å². The van der Waals surface area contributed by atoms with Gasteiger partial charge in [0.1, 0.15) is 12.4 Å². The van der Waals surface area contributed by atoms with E-state index in [2.05, 4.69) is 21.5 Å². The molecule has 7 nitrogen and oxygen atoms in total. The summed E-state index contributed by atoms with van der Waals surface area (Å²) < 4.78 is 18.4. The molecule has 8 heteroatoms. The third-order valence-corrected chi connectivity index (χ3v) is 4.87. The highest BCUT2D eigenvalue weighted by atomic mass is 35.5. The first kappa shape index (κ1) is 18.2. The number of hydrogen-bond acceptors (Lipinski definition) is 6. The number of rotatable bonds is 5. The molecule has 2 aromatic carbocycles. The molecule has 0 fully saturated rings. The van der Waals surface area contributed by atoms with Crippen molar-refractivity contribution in [1.82, 2.24) is 14.8 Å². The van der Waals surface area contributed by atoms with Crippen LogP contribution in [0.1, 0.15) is 17.2 Å². The molecule has 0 spiro atoms. The first-order valence-electron chi connectivity index (χ1n) is 8.59. The van der Waals surface area contributed by atoms with Crippen LogP contribution in [0.2, 0.25) is 5.02 Å². The molecule has 0 saturated carbocycles. The van der Waals surface area contributed by atoms with Crippen molar-refractivity contribution >= 4 is 23.2 Å². The van der Waals surface area contributed by atoms with Crippen LogP contribution in [-0.4, -0.2) is 36.1 Å². The minimum atomic E-state index is -0.251. The Labute approximate surface area is 167 Å². The molecular formula is C20H19ClN4O3. The Morgan fingerprint density at radius 2 is 1.71 bits per heavy atom. The molecule has 2 heterocycles. The number of anilines is 1. The van der Waals surface area contributed by atoms with E-state index in [1.807, 2.05) is 36.4 Å². The van der Waals surface area contributed by atoms with Crippen LogP contribution in [0.3, 0.4) is 0 Å². The number of methoxy groups -OCH3 is 3. The van der Waals surface area contributed by atoms with E-state index in [1.54, 1.807) is 26.0 Å². The number of allylic oxidation sites excluding steroid dienone is 1. The fourth-order valence-electron chi connectivity index (χ4n) is 3.31. The zero-order valence-electron chi connectivity index (χ0n) is 15.6. The van der Waals surface area contributed by atoms with Gasteiger partial charge >= 0.3 is 0 Å². The summed E-state index contributed by atoms with van der Waals surface area (Å²) >= 11 is 6.03. The van der Waals surface area contributed by atoms with E-state index >= 15 is 0 Å². The van der Waals surface area contributed by atoms with Crippen molar-refractivity contribution in [3.63, 3.8) is 0 Å². The van der Waals surface area contributed by atoms with Gasteiger partial charge in [-0.25, -0.2) is 4.68 Å². The monoisotopic (exact) mass is 398 g/mol. The number of benzene rings is 2. The van der Waals surface area contributed by atoms with E-state index in [1.165, 1.54) is 6.33 Å². The average molecular weight is 399 g/mol. The van der Waals surface area contributed by atoms with Crippen molar-refractivity contribution in [3.05, 3.63) is 65.0 Å². The quantitative estimate of drug-likeness (QED) is 0.700. The lowest BCUT2D eigenvalue weighted by molar-refractivity contribution is 0.320. The van der Waals surface area contributed by atoms with E-state index in [-0.39, 0.29) is 6.04 Å². The molecule has 0 bridgehead atoms. The summed E-state index contributed by atoms with van der Waals surface area (Å²) in [4.78, 5) is 4.33. The Morgan fingerprint density at radius 3 is 2.39 bits per heavy atom. The number of aromatic nitrogens is 3. The minimum Gasteiger partial charge on any atom is -0.493 e. The van der Waals surface area contributed by atoms with Gasteiger partial charge in [0.25, 0.3) is 0 Å². The van der Waals surface area contributed by atoms with E-state index in [0.717, 1.165) is 16.8 Å². The lowest BCUT2D eigenvalue weighted by Gasteiger charge is -2.26. The number of fused-ring (bicyclic) bond motifs is 1. The lowest BCUT2D eigenvalue weighted by atomic mass is 10.00. The van der Waals surface area contributed by atoms with Crippen molar-refractivity contribution in [2.75, 3.05) is 26.6 Å². The number of hydrogen-bond donors (Lipinski definition) is 1. The topological polar surface area (TPSA) is 70.4 Å². The molecule has 0 amide bonds. The van der Waals surface area contributed by atoms with Crippen molar-refractivity contribution in [2.24, 2.45) is 0 Å². The van der Waals surface area contributed by atoms with Gasteiger partial charge in [0.15, 0.2) is 11.5 Å². The van der Waals surface area contributed by atoms with Crippen molar-refractivity contribution in [2.45, 2.75) is 6.04 Å². The molecule has 28 heavy (non-hydrogen) atoms. The fraction of sp³-hybridized carbons (Fsp3) is 0.200. The molecule has 3 aromatic rings. The smallest absolute Gasteiger partial charge is 0.226 e. The lowest BCUT2D eigenvalue weighted by Crippen LogP contribution is -2.21. The molecule has 4 rings (SSSR count). The summed E-state index contributed by atoms with van der Waals surface area (Å²) in [5.41, 5.74) is 2.77. The van der Waals surface area contributed by atoms with Crippen LogP contribution >= 0.6 is 11.6 Å². The Balaban J connectivity index is 1.87. The number of ether oxygens (including phenoxy) is 3. The van der Waals surface area contributed by atoms with Crippen molar-refractivity contribution in [3.8, 4) is 17.2 Å². The van der Waals surface area contributed by atoms with Gasteiger partial charge < -0.3 is 19.5 Å². The van der Waals surface area contributed by atoms with Gasteiger partial charge in [0.05, 0.1) is 21.3 Å². The van der Waals surface area contributed by atoms with E-state index in [0.29, 0.717) is 28.2 Å². The molecule has 1 aromatic heterocycles. The highest BCUT2D eigenvalue weighted by Crippen LogP contribution is 2.45. The van der Waals surface area contributed by atoms with Crippen LogP contribution in [-0.2, 0) is 0 Å². The van der Waals surface area contributed by atoms with Gasteiger partial charge in [-0.05, 0) is 35.9 Å². The van der Waals surface area contributed by atoms with Gasteiger partial charge in [-0.1, -0.05) is 23.7 Å². The van der Waals surface area contributed by atoms with Crippen LogP contribution in [0.25, 0.3) is 5.70 Å². The van der Waals surface area contributed by atoms with Gasteiger partial charge in [-0.2, -0.15) is 10.1 Å². The largest absolute Gasteiger partial charge is 0.493 e. The maximum absolute atomic E-state index is 6.03. The van der Waals surface area contributed by atoms with E-state index < -0.39 is 0 Å². The second-order valence-corrected chi connectivity index (χ2v) is 6.55. The average Bonchev–Trinajstić information content (AvgIpc) is 3.21. The number of nitrogens with zero attached hydrogens (tertiary/aromatic N) is 3. The standard InChI is InChI=1S/C20H19ClN4O3/c1-26-17-9-8-14(18(27-2)19(17)28-3)16-10-15(12-4-6-13(21)7-5-12)24-20-22-11-23-25(16)20/h4-11,16H,1-3H3,(H,22,23,24). The second kappa shape index (κ2) is 7.44. The predicted octanol–water partition coefficient (Wildman–Crippen LogP) is 4.01. The van der Waals surface area contributed by atoms with E-state index in [4.69, 9.17) is 25.8 Å². The summed E-state index contributed by atoms with van der Waals surface area (Å²) in [6.45, 7) is 0. The van der Waals surface area contributed by atoms with Crippen LogP contribution in [0.4, 0.5) is 5.95 Å². The highest BCUT2D eigenvalue weighted by Gasteiger charge is 2.28. The molecule has 0 saturated heterocycles. The number of halogens is 1.